The average Bonchev–Trinajstić information content (AvgIpc) is 1.94. The first-order valence-corrected chi connectivity index (χ1v) is 3.60. The number of hydrogen-bond donors (Lipinski definition) is 0. The molecule has 0 atom stereocenters. The van der Waals surface area contributed by atoms with Gasteiger partial charge >= 0.3 is 24.2 Å². The van der Waals surface area contributed by atoms with Gasteiger partial charge in [0.15, 0.2) is 0 Å². The molecule has 0 spiro atoms. The van der Waals surface area contributed by atoms with Gasteiger partial charge in [-0.25, -0.2) is 0 Å². The van der Waals surface area contributed by atoms with Gasteiger partial charge in [0.05, 0.1) is 0 Å². The van der Waals surface area contributed by atoms with E-state index in [9.17, 15) is 43.9 Å². The van der Waals surface area contributed by atoms with E-state index >= 15 is 0 Å². The van der Waals surface area contributed by atoms with Crippen LogP contribution >= 0.6 is 0 Å². The Morgan fingerprint density at radius 2 is 1.00 bits per heavy atom. The van der Waals surface area contributed by atoms with E-state index in [-0.39, 0.29) is 0 Å². The van der Waals surface area contributed by atoms with Gasteiger partial charge in [-0.05, 0) is 0 Å². The first kappa shape index (κ1) is 13.4. The standard InChI is InChI=1S/C6H2F10/c7-3(8)1-2(4(3,9)10,5(11,12)13)6(14,15)16/h1H2. The Bertz CT molecular complexity index is 279. The number of hydrogen-bond acceptors (Lipinski definition) is 0. The smallest absolute Gasteiger partial charge is 0.200 e. The van der Waals surface area contributed by atoms with Crippen LogP contribution in [-0.2, 0) is 0 Å². The molecule has 0 aromatic carbocycles. The maximum atomic E-state index is 12.4. The Kier molecular flexibility index (Phi) is 2.30. The third-order valence-electron chi connectivity index (χ3n) is 2.45. The summed E-state index contributed by atoms with van der Waals surface area (Å²) >= 11 is 0. The fourth-order valence-electron chi connectivity index (χ4n) is 1.48. The highest BCUT2D eigenvalue weighted by Gasteiger charge is 2.96. The summed E-state index contributed by atoms with van der Waals surface area (Å²) in [6.07, 6.45) is -16.0. The Balaban J connectivity index is 3.35. The SMILES string of the molecule is FC(F)(F)C1(C(F)(F)F)CC(F)(F)C1(F)F. The lowest BCUT2D eigenvalue weighted by molar-refractivity contribution is -0.494. The van der Waals surface area contributed by atoms with Crippen LogP contribution in [-0.4, -0.2) is 24.2 Å². The first-order valence-electron chi connectivity index (χ1n) is 3.60. The summed E-state index contributed by atoms with van der Waals surface area (Å²) < 4.78 is 121. The molecule has 0 radical (unpaired) electrons. The predicted molar refractivity (Wildman–Crippen MR) is 29.1 cm³/mol. The molecule has 10 heteroatoms. The van der Waals surface area contributed by atoms with Crippen molar-refractivity contribution in [3.63, 3.8) is 0 Å². The third kappa shape index (κ3) is 1.18. The Labute approximate surface area is 81.2 Å². The lowest BCUT2D eigenvalue weighted by Gasteiger charge is -2.54. The second kappa shape index (κ2) is 2.76. The maximum Gasteiger partial charge on any atom is 0.409 e. The highest BCUT2D eigenvalue weighted by atomic mass is 19.4. The monoisotopic (exact) mass is 264 g/mol. The second-order valence-corrected chi connectivity index (χ2v) is 3.36. The normalized spacial score (nSPS) is 27.4. The minimum Gasteiger partial charge on any atom is -0.200 e. The van der Waals surface area contributed by atoms with Gasteiger partial charge in [0, 0.05) is 6.42 Å². The maximum absolute atomic E-state index is 12.4. The van der Waals surface area contributed by atoms with Gasteiger partial charge in [0.1, 0.15) is 0 Å². The minimum absolute atomic E-state index is 2.99. The van der Waals surface area contributed by atoms with Gasteiger partial charge in [-0.15, -0.1) is 0 Å². The molecule has 1 aliphatic carbocycles. The number of rotatable bonds is 0. The number of halogens is 10. The second-order valence-electron chi connectivity index (χ2n) is 3.36. The quantitative estimate of drug-likeness (QED) is 0.584. The van der Waals surface area contributed by atoms with Crippen molar-refractivity contribution in [2.45, 2.75) is 30.6 Å². The van der Waals surface area contributed by atoms with Crippen molar-refractivity contribution in [3.05, 3.63) is 0 Å². The molecule has 0 saturated heterocycles. The van der Waals surface area contributed by atoms with Gasteiger partial charge in [0.25, 0.3) is 0 Å². The van der Waals surface area contributed by atoms with Crippen LogP contribution < -0.4 is 0 Å². The van der Waals surface area contributed by atoms with E-state index < -0.39 is 36.0 Å². The van der Waals surface area contributed by atoms with Crippen molar-refractivity contribution in [2.75, 3.05) is 0 Å². The van der Waals surface area contributed by atoms with E-state index in [4.69, 9.17) is 0 Å². The molecular formula is C6H2F10. The molecule has 96 valence electrons. The highest BCUT2D eigenvalue weighted by Crippen LogP contribution is 2.74. The zero-order valence-corrected chi connectivity index (χ0v) is 6.99. The van der Waals surface area contributed by atoms with Crippen molar-refractivity contribution in [2.24, 2.45) is 5.41 Å². The molecule has 1 rings (SSSR count). The van der Waals surface area contributed by atoms with Gasteiger partial charge in [0.2, 0.25) is 5.41 Å². The van der Waals surface area contributed by atoms with Crippen molar-refractivity contribution in [1.82, 2.24) is 0 Å². The molecule has 0 N–H and O–H groups in total. The van der Waals surface area contributed by atoms with Gasteiger partial charge in [-0.2, -0.15) is 43.9 Å². The Morgan fingerprint density at radius 3 is 1.06 bits per heavy atom. The molecular weight excluding hydrogens is 262 g/mol. The van der Waals surface area contributed by atoms with Crippen molar-refractivity contribution in [3.8, 4) is 0 Å². The Hall–Kier alpha value is -0.700. The van der Waals surface area contributed by atoms with Crippen molar-refractivity contribution in [1.29, 1.82) is 0 Å². The molecule has 16 heavy (non-hydrogen) atoms. The molecule has 0 amide bonds. The summed E-state index contributed by atoms with van der Waals surface area (Å²) in [6, 6.07) is 0. The lowest BCUT2D eigenvalue weighted by Crippen LogP contribution is -2.77. The van der Waals surface area contributed by atoms with E-state index in [1.165, 1.54) is 0 Å². The molecule has 0 heterocycles. The van der Waals surface area contributed by atoms with Crippen LogP contribution in [0.3, 0.4) is 0 Å². The van der Waals surface area contributed by atoms with E-state index in [2.05, 4.69) is 0 Å². The topological polar surface area (TPSA) is 0 Å². The summed E-state index contributed by atoms with van der Waals surface area (Å²) in [7, 11) is 0. The highest BCUT2D eigenvalue weighted by molar-refractivity contribution is 5.19. The van der Waals surface area contributed by atoms with E-state index in [1.807, 2.05) is 0 Å². The van der Waals surface area contributed by atoms with Crippen LogP contribution in [0.4, 0.5) is 43.9 Å². The summed E-state index contributed by atoms with van der Waals surface area (Å²) in [6.45, 7) is 0. The molecule has 0 aromatic heterocycles. The first-order chi connectivity index (χ1) is 6.71. The minimum atomic E-state index is -6.49. The largest absolute Gasteiger partial charge is 0.409 e. The van der Waals surface area contributed by atoms with Gasteiger partial charge in [-0.3, -0.25) is 0 Å². The van der Waals surface area contributed by atoms with Gasteiger partial charge < -0.3 is 0 Å². The molecule has 1 saturated carbocycles. The van der Waals surface area contributed by atoms with Crippen LogP contribution in [0.15, 0.2) is 0 Å². The molecule has 1 aliphatic rings. The molecule has 0 unspecified atom stereocenters. The summed E-state index contributed by atoms with van der Waals surface area (Å²) in [5.41, 5.74) is -5.66. The molecule has 0 bridgehead atoms. The van der Waals surface area contributed by atoms with Gasteiger partial charge in [-0.1, -0.05) is 0 Å². The fraction of sp³-hybridized carbons (Fsp3) is 1.00. The van der Waals surface area contributed by atoms with E-state index in [0.717, 1.165) is 0 Å². The van der Waals surface area contributed by atoms with Crippen LogP contribution in [0.25, 0.3) is 0 Å². The van der Waals surface area contributed by atoms with Crippen LogP contribution in [0, 0.1) is 5.41 Å². The van der Waals surface area contributed by atoms with Crippen LogP contribution in [0.1, 0.15) is 6.42 Å². The van der Waals surface area contributed by atoms with E-state index in [0.29, 0.717) is 0 Å². The fourth-order valence-corrected chi connectivity index (χ4v) is 1.48. The molecule has 0 nitrogen and oxygen atoms in total. The lowest BCUT2D eigenvalue weighted by atomic mass is 9.61. The predicted octanol–water partition coefficient (Wildman–Crippen LogP) is 3.77. The summed E-state index contributed by atoms with van der Waals surface area (Å²) in [4.78, 5) is 0. The summed E-state index contributed by atoms with van der Waals surface area (Å²) in [5, 5.41) is 0. The van der Waals surface area contributed by atoms with E-state index in [1.54, 1.807) is 0 Å². The zero-order chi connectivity index (χ0) is 13.2. The zero-order valence-electron chi connectivity index (χ0n) is 6.99. The molecule has 0 aromatic rings. The van der Waals surface area contributed by atoms with Crippen LogP contribution in [0.5, 0.6) is 0 Å². The average molecular weight is 264 g/mol. The number of alkyl halides is 10. The Morgan fingerprint density at radius 1 is 0.688 bits per heavy atom. The summed E-state index contributed by atoms with van der Waals surface area (Å²) in [5.74, 6) is -11.5. The third-order valence-corrected chi connectivity index (χ3v) is 2.45. The van der Waals surface area contributed by atoms with Crippen LogP contribution in [0.2, 0.25) is 0 Å². The van der Waals surface area contributed by atoms with Crippen molar-refractivity contribution < 1.29 is 43.9 Å². The van der Waals surface area contributed by atoms with Crippen molar-refractivity contribution >= 4 is 0 Å². The molecule has 0 aliphatic heterocycles. The molecule has 1 fully saturated rings.